The highest BCUT2D eigenvalue weighted by molar-refractivity contribution is 7.92. The molecular formula is C24H19F2N5O2S. The highest BCUT2D eigenvalue weighted by Gasteiger charge is 2.14. The molecule has 0 saturated carbocycles. The Bertz CT molecular complexity index is 1660. The summed E-state index contributed by atoms with van der Waals surface area (Å²) in [5, 5.41) is 4.20. The van der Waals surface area contributed by atoms with Crippen LogP contribution in [0.5, 0.6) is 0 Å². The van der Waals surface area contributed by atoms with Gasteiger partial charge in [-0.2, -0.15) is 5.10 Å². The Morgan fingerprint density at radius 2 is 1.76 bits per heavy atom. The molecule has 5 aromatic rings. The molecule has 34 heavy (non-hydrogen) atoms. The van der Waals surface area contributed by atoms with Gasteiger partial charge in [0.05, 0.1) is 29.2 Å². The Morgan fingerprint density at radius 3 is 2.47 bits per heavy atom. The second-order valence-corrected chi connectivity index (χ2v) is 9.74. The minimum Gasteiger partial charge on any atom is -0.299 e. The fourth-order valence-corrected chi connectivity index (χ4v) is 4.42. The minimum atomic E-state index is -3.59. The number of benzene rings is 3. The maximum absolute atomic E-state index is 14.5. The maximum atomic E-state index is 14.5. The second-order valence-electron chi connectivity index (χ2n) is 7.99. The Labute approximate surface area is 194 Å². The SMILES string of the molecule is Cn1cc(-c2ccc3c(c2)ncn3-c2cc(NS(C)(=O)=O)cc(-c3ccc(F)cc3F)c2)cn1. The summed E-state index contributed by atoms with van der Waals surface area (Å²) in [4.78, 5) is 4.50. The molecule has 2 heterocycles. The smallest absolute Gasteiger partial charge is 0.229 e. The zero-order valence-corrected chi connectivity index (χ0v) is 19.0. The molecule has 0 spiro atoms. The summed E-state index contributed by atoms with van der Waals surface area (Å²) in [6.45, 7) is 0. The summed E-state index contributed by atoms with van der Waals surface area (Å²) in [5.41, 5.74) is 4.72. The van der Waals surface area contributed by atoms with Crippen molar-refractivity contribution in [3.8, 4) is 27.9 Å². The van der Waals surface area contributed by atoms with Gasteiger partial charge in [-0.25, -0.2) is 22.2 Å². The third-order valence-corrected chi connectivity index (χ3v) is 5.93. The van der Waals surface area contributed by atoms with Crippen LogP contribution in [0, 0.1) is 11.6 Å². The molecule has 0 bridgehead atoms. The van der Waals surface area contributed by atoms with Gasteiger partial charge in [0.15, 0.2) is 0 Å². The lowest BCUT2D eigenvalue weighted by atomic mass is 10.0. The number of halogens is 2. The van der Waals surface area contributed by atoms with Gasteiger partial charge in [0.1, 0.15) is 18.0 Å². The van der Waals surface area contributed by atoms with Gasteiger partial charge in [-0.3, -0.25) is 14.0 Å². The van der Waals surface area contributed by atoms with Gasteiger partial charge in [0.25, 0.3) is 0 Å². The van der Waals surface area contributed by atoms with Crippen molar-refractivity contribution in [3.05, 3.63) is 85.0 Å². The fraction of sp³-hybridized carbons (Fsp3) is 0.0833. The number of sulfonamides is 1. The Hall–Kier alpha value is -4.05. The molecule has 10 heteroatoms. The number of rotatable bonds is 5. The zero-order valence-electron chi connectivity index (χ0n) is 18.2. The Kier molecular flexibility index (Phi) is 5.17. The van der Waals surface area contributed by atoms with Crippen LogP contribution in [-0.2, 0) is 17.1 Å². The van der Waals surface area contributed by atoms with Crippen molar-refractivity contribution < 1.29 is 17.2 Å². The maximum Gasteiger partial charge on any atom is 0.229 e. The van der Waals surface area contributed by atoms with Gasteiger partial charge in [-0.1, -0.05) is 6.07 Å². The molecule has 0 aliphatic rings. The number of nitrogens with one attached hydrogen (secondary N) is 1. The largest absolute Gasteiger partial charge is 0.299 e. The van der Waals surface area contributed by atoms with Crippen LogP contribution >= 0.6 is 0 Å². The molecule has 0 amide bonds. The number of fused-ring (bicyclic) bond motifs is 1. The van der Waals surface area contributed by atoms with E-state index in [4.69, 9.17) is 0 Å². The minimum absolute atomic E-state index is 0.142. The van der Waals surface area contributed by atoms with Crippen molar-refractivity contribution in [3.63, 3.8) is 0 Å². The van der Waals surface area contributed by atoms with E-state index in [-0.39, 0.29) is 11.3 Å². The molecule has 0 aliphatic carbocycles. The summed E-state index contributed by atoms with van der Waals surface area (Å²) >= 11 is 0. The van der Waals surface area contributed by atoms with E-state index in [9.17, 15) is 17.2 Å². The Morgan fingerprint density at radius 1 is 0.941 bits per heavy atom. The third kappa shape index (κ3) is 4.27. The molecule has 3 aromatic carbocycles. The van der Waals surface area contributed by atoms with Crippen LogP contribution in [0.25, 0.3) is 39.0 Å². The monoisotopic (exact) mass is 479 g/mol. The molecule has 0 fully saturated rings. The van der Waals surface area contributed by atoms with Crippen LogP contribution < -0.4 is 4.72 Å². The van der Waals surface area contributed by atoms with Crippen molar-refractivity contribution in [2.24, 2.45) is 7.05 Å². The summed E-state index contributed by atoms with van der Waals surface area (Å²) in [5.74, 6) is -1.45. The van der Waals surface area contributed by atoms with Crippen molar-refractivity contribution in [2.75, 3.05) is 11.0 Å². The molecule has 0 atom stereocenters. The van der Waals surface area contributed by atoms with E-state index in [0.717, 1.165) is 40.5 Å². The number of aryl methyl sites for hydroxylation is 1. The highest BCUT2D eigenvalue weighted by atomic mass is 32.2. The number of imidazole rings is 1. The van der Waals surface area contributed by atoms with Crippen molar-refractivity contribution in [1.29, 1.82) is 0 Å². The summed E-state index contributed by atoms with van der Waals surface area (Å²) < 4.78 is 57.7. The highest BCUT2D eigenvalue weighted by Crippen LogP contribution is 2.31. The molecule has 1 N–H and O–H groups in total. The van der Waals surface area contributed by atoms with Gasteiger partial charge in [-0.05, 0) is 53.6 Å². The van der Waals surface area contributed by atoms with E-state index in [1.54, 1.807) is 33.9 Å². The average Bonchev–Trinajstić information content (AvgIpc) is 3.38. The number of anilines is 1. The fourth-order valence-electron chi connectivity index (χ4n) is 3.87. The molecule has 0 saturated heterocycles. The van der Waals surface area contributed by atoms with Crippen LogP contribution in [-0.4, -0.2) is 34.0 Å². The number of nitrogens with zero attached hydrogens (tertiary/aromatic N) is 4. The number of hydrogen-bond donors (Lipinski definition) is 1. The normalized spacial score (nSPS) is 11.8. The molecule has 172 valence electrons. The first kappa shape index (κ1) is 21.8. The van der Waals surface area contributed by atoms with E-state index >= 15 is 0 Å². The average molecular weight is 480 g/mol. The Balaban J connectivity index is 1.65. The van der Waals surface area contributed by atoms with Crippen molar-refractivity contribution in [1.82, 2.24) is 19.3 Å². The van der Waals surface area contributed by atoms with E-state index in [1.165, 1.54) is 12.1 Å². The van der Waals surface area contributed by atoms with Gasteiger partial charge < -0.3 is 0 Å². The van der Waals surface area contributed by atoms with Crippen molar-refractivity contribution in [2.45, 2.75) is 0 Å². The quantitative estimate of drug-likeness (QED) is 0.395. The lowest BCUT2D eigenvalue weighted by Gasteiger charge is -2.13. The van der Waals surface area contributed by atoms with Crippen molar-refractivity contribution >= 4 is 26.7 Å². The first-order chi connectivity index (χ1) is 16.2. The molecule has 0 unspecified atom stereocenters. The lowest BCUT2D eigenvalue weighted by Crippen LogP contribution is -2.10. The molecular weight excluding hydrogens is 460 g/mol. The standard InChI is InChI=1S/C24H19F2N5O2S/c1-30-13-17(12-28-30)15-3-6-24-23(9-15)27-14-31(24)20-8-16(7-19(11-20)29-34(2,32)33)21-5-4-18(25)10-22(21)26/h3-14,29H,1-2H3. The van der Waals surface area contributed by atoms with E-state index in [1.807, 2.05) is 31.4 Å². The van der Waals surface area contributed by atoms with Gasteiger partial charge in [-0.15, -0.1) is 0 Å². The van der Waals surface area contributed by atoms with Crippen LogP contribution in [0.4, 0.5) is 14.5 Å². The van der Waals surface area contributed by atoms with Gasteiger partial charge >= 0.3 is 0 Å². The zero-order chi connectivity index (χ0) is 24.0. The molecule has 0 aliphatic heterocycles. The van der Waals surface area contributed by atoms with Gasteiger partial charge in [0.2, 0.25) is 10.0 Å². The molecule has 2 aromatic heterocycles. The first-order valence-corrected chi connectivity index (χ1v) is 12.1. The molecule has 7 nitrogen and oxygen atoms in total. The van der Waals surface area contributed by atoms with Gasteiger partial charge in [0, 0.05) is 36.1 Å². The van der Waals surface area contributed by atoms with Crippen LogP contribution in [0.1, 0.15) is 0 Å². The third-order valence-electron chi connectivity index (χ3n) is 5.33. The van der Waals surface area contributed by atoms with Crippen LogP contribution in [0.2, 0.25) is 0 Å². The van der Waals surface area contributed by atoms with Crippen LogP contribution in [0.15, 0.2) is 73.3 Å². The molecule has 5 rings (SSSR count). The summed E-state index contributed by atoms with van der Waals surface area (Å²) in [6, 6.07) is 13.9. The predicted octanol–water partition coefficient (Wildman–Crippen LogP) is 4.74. The molecule has 0 radical (unpaired) electrons. The van der Waals surface area contributed by atoms with E-state index in [0.29, 0.717) is 11.3 Å². The first-order valence-electron chi connectivity index (χ1n) is 10.2. The van der Waals surface area contributed by atoms with Crippen LogP contribution in [0.3, 0.4) is 0 Å². The predicted molar refractivity (Wildman–Crippen MR) is 127 cm³/mol. The summed E-state index contributed by atoms with van der Waals surface area (Å²) in [7, 11) is -1.75. The summed E-state index contributed by atoms with van der Waals surface area (Å²) in [6.07, 6.45) is 6.32. The second kappa shape index (κ2) is 8.07. The lowest BCUT2D eigenvalue weighted by molar-refractivity contribution is 0.585. The van der Waals surface area contributed by atoms with E-state index in [2.05, 4.69) is 14.8 Å². The topological polar surface area (TPSA) is 81.8 Å². The number of aromatic nitrogens is 4. The number of hydrogen-bond acceptors (Lipinski definition) is 4. The van der Waals surface area contributed by atoms with E-state index < -0.39 is 21.7 Å².